The Morgan fingerprint density at radius 1 is 1.23 bits per heavy atom. The quantitative estimate of drug-likeness (QED) is 0.648. The number of furan rings is 1. The molecule has 0 unspecified atom stereocenters. The van der Waals surface area contributed by atoms with E-state index in [0.717, 1.165) is 17.7 Å². The van der Waals surface area contributed by atoms with Gasteiger partial charge in [-0.15, -0.1) is 0 Å². The van der Waals surface area contributed by atoms with E-state index in [4.69, 9.17) is 20.8 Å². The molecule has 1 aromatic heterocycles. The fourth-order valence-electron chi connectivity index (χ4n) is 3.33. The molecule has 5 nitrogen and oxygen atoms in total. The summed E-state index contributed by atoms with van der Waals surface area (Å²) in [7, 11) is 0. The van der Waals surface area contributed by atoms with Crippen LogP contribution in [-0.2, 0) is 16.0 Å². The Morgan fingerprint density at radius 2 is 2.04 bits per heavy atom. The number of nitrogens with zero attached hydrogens (tertiary/aromatic N) is 1. The molecular formula is C20H16ClNO4. The molecule has 6 heteroatoms. The van der Waals surface area contributed by atoms with Crippen molar-refractivity contribution in [2.24, 2.45) is 0 Å². The van der Waals surface area contributed by atoms with Gasteiger partial charge in [0.25, 0.3) is 5.91 Å². The van der Waals surface area contributed by atoms with Crippen LogP contribution in [0.25, 0.3) is 11.0 Å². The lowest BCUT2D eigenvalue weighted by Gasteiger charge is -2.22. The predicted molar refractivity (Wildman–Crippen MR) is 98.6 cm³/mol. The third kappa shape index (κ3) is 2.95. The molecule has 0 spiro atoms. The van der Waals surface area contributed by atoms with Crippen LogP contribution in [0.1, 0.15) is 23.0 Å². The maximum atomic E-state index is 12.6. The predicted octanol–water partition coefficient (Wildman–Crippen LogP) is 4.22. The molecule has 0 bridgehead atoms. The molecule has 4 rings (SSSR count). The SMILES string of the molecule is C[C@H]1Cc2ccccc2N1C(=O)COC(=O)c1cc2cc(Cl)ccc2o1. The number of hydrogen-bond donors (Lipinski definition) is 0. The number of amides is 1. The molecule has 0 aliphatic carbocycles. The average Bonchev–Trinajstić information content (AvgIpc) is 3.18. The second-order valence-electron chi connectivity index (χ2n) is 6.31. The number of carbonyl (C=O) groups is 2. The highest BCUT2D eigenvalue weighted by Crippen LogP contribution is 2.32. The van der Waals surface area contributed by atoms with Crippen molar-refractivity contribution in [2.75, 3.05) is 11.5 Å². The smallest absolute Gasteiger partial charge is 0.374 e. The molecule has 0 fully saturated rings. The monoisotopic (exact) mass is 369 g/mol. The molecule has 2 heterocycles. The van der Waals surface area contributed by atoms with Gasteiger partial charge in [0.05, 0.1) is 0 Å². The van der Waals surface area contributed by atoms with Crippen LogP contribution in [0, 0.1) is 0 Å². The van der Waals surface area contributed by atoms with Crippen LogP contribution >= 0.6 is 11.6 Å². The maximum Gasteiger partial charge on any atom is 0.374 e. The minimum absolute atomic E-state index is 0.0342. The number of esters is 1. The Hall–Kier alpha value is -2.79. The van der Waals surface area contributed by atoms with E-state index < -0.39 is 5.97 Å². The summed E-state index contributed by atoms with van der Waals surface area (Å²) in [4.78, 5) is 26.5. The maximum absolute atomic E-state index is 12.6. The fraction of sp³-hybridized carbons (Fsp3) is 0.200. The van der Waals surface area contributed by atoms with Crippen LogP contribution in [0.5, 0.6) is 0 Å². The summed E-state index contributed by atoms with van der Waals surface area (Å²) in [5, 5.41) is 1.26. The number of carbonyl (C=O) groups excluding carboxylic acids is 2. The van der Waals surface area contributed by atoms with Crippen molar-refractivity contribution < 1.29 is 18.7 Å². The van der Waals surface area contributed by atoms with Crippen molar-refractivity contribution in [3.63, 3.8) is 0 Å². The molecule has 3 aromatic rings. The lowest BCUT2D eigenvalue weighted by Crippen LogP contribution is -2.38. The summed E-state index contributed by atoms with van der Waals surface area (Å²) >= 11 is 5.93. The number of para-hydroxylation sites is 1. The van der Waals surface area contributed by atoms with E-state index in [9.17, 15) is 9.59 Å². The van der Waals surface area contributed by atoms with Gasteiger partial charge in [-0.25, -0.2) is 4.79 Å². The summed E-state index contributed by atoms with van der Waals surface area (Å²) in [5.74, 6) is -0.884. The van der Waals surface area contributed by atoms with Crippen LogP contribution < -0.4 is 4.90 Å². The number of ether oxygens (including phenoxy) is 1. The highest BCUT2D eigenvalue weighted by Gasteiger charge is 2.31. The van der Waals surface area contributed by atoms with E-state index in [1.54, 1.807) is 29.2 Å². The van der Waals surface area contributed by atoms with E-state index in [1.165, 1.54) is 0 Å². The van der Waals surface area contributed by atoms with Gasteiger partial charge in [0.15, 0.2) is 6.61 Å². The normalized spacial score (nSPS) is 15.9. The van der Waals surface area contributed by atoms with Crippen molar-refractivity contribution in [2.45, 2.75) is 19.4 Å². The highest BCUT2D eigenvalue weighted by atomic mass is 35.5. The lowest BCUT2D eigenvalue weighted by atomic mass is 10.1. The molecule has 0 radical (unpaired) electrons. The minimum Gasteiger partial charge on any atom is -0.450 e. The molecule has 0 saturated carbocycles. The van der Waals surface area contributed by atoms with Gasteiger partial charge in [0, 0.05) is 22.1 Å². The van der Waals surface area contributed by atoms with Gasteiger partial charge in [-0.05, 0) is 49.2 Å². The molecule has 132 valence electrons. The van der Waals surface area contributed by atoms with Crippen LogP contribution in [0.3, 0.4) is 0 Å². The molecule has 0 N–H and O–H groups in total. The number of fused-ring (bicyclic) bond motifs is 2. The highest BCUT2D eigenvalue weighted by molar-refractivity contribution is 6.31. The second-order valence-corrected chi connectivity index (χ2v) is 6.75. The van der Waals surface area contributed by atoms with Gasteiger partial charge in [-0.3, -0.25) is 4.79 Å². The van der Waals surface area contributed by atoms with Gasteiger partial charge in [0.2, 0.25) is 5.76 Å². The first-order chi connectivity index (χ1) is 12.5. The van der Waals surface area contributed by atoms with E-state index in [2.05, 4.69) is 0 Å². The molecule has 0 saturated heterocycles. The zero-order chi connectivity index (χ0) is 18.3. The van der Waals surface area contributed by atoms with Crippen molar-refractivity contribution >= 4 is 40.1 Å². The van der Waals surface area contributed by atoms with E-state index in [-0.39, 0.29) is 24.3 Å². The van der Waals surface area contributed by atoms with Crippen molar-refractivity contribution in [3.8, 4) is 0 Å². The van der Waals surface area contributed by atoms with Crippen LogP contribution in [-0.4, -0.2) is 24.5 Å². The Kier molecular flexibility index (Phi) is 4.17. The first kappa shape index (κ1) is 16.7. The molecule has 1 atom stereocenters. The zero-order valence-corrected chi connectivity index (χ0v) is 14.8. The third-order valence-electron chi connectivity index (χ3n) is 4.48. The topological polar surface area (TPSA) is 59.8 Å². The Balaban J connectivity index is 1.46. The summed E-state index contributed by atoms with van der Waals surface area (Å²) in [6.07, 6.45) is 0.792. The van der Waals surface area contributed by atoms with E-state index in [0.29, 0.717) is 16.0 Å². The van der Waals surface area contributed by atoms with E-state index >= 15 is 0 Å². The lowest BCUT2D eigenvalue weighted by molar-refractivity contribution is -0.122. The van der Waals surface area contributed by atoms with Crippen molar-refractivity contribution in [1.82, 2.24) is 0 Å². The average molecular weight is 370 g/mol. The molecule has 1 aliphatic heterocycles. The van der Waals surface area contributed by atoms with Crippen LogP contribution in [0.2, 0.25) is 5.02 Å². The van der Waals surface area contributed by atoms with E-state index in [1.807, 2.05) is 31.2 Å². The number of halogens is 1. The molecular weight excluding hydrogens is 354 g/mol. The Labute approximate surface area is 155 Å². The summed E-state index contributed by atoms with van der Waals surface area (Å²) < 4.78 is 10.6. The van der Waals surface area contributed by atoms with Gasteiger partial charge in [-0.2, -0.15) is 0 Å². The summed E-state index contributed by atoms with van der Waals surface area (Å²) in [6, 6.07) is 14.4. The molecule has 1 amide bonds. The number of benzene rings is 2. The number of anilines is 1. The first-order valence-electron chi connectivity index (χ1n) is 8.29. The number of hydrogen-bond acceptors (Lipinski definition) is 4. The third-order valence-corrected chi connectivity index (χ3v) is 4.72. The Bertz CT molecular complexity index is 1010. The summed E-state index contributed by atoms with van der Waals surface area (Å²) in [6.45, 7) is 1.64. The second kappa shape index (κ2) is 6.50. The Morgan fingerprint density at radius 3 is 2.88 bits per heavy atom. The first-order valence-corrected chi connectivity index (χ1v) is 8.67. The van der Waals surface area contributed by atoms with Gasteiger partial charge < -0.3 is 14.1 Å². The largest absolute Gasteiger partial charge is 0.450 e. The molecule has 2 aromatic carbocycles. The zero-order valence-electron chi connectivity index (χ0n) is 14.1. The van der Waals surface area contributed by atoms with Crippen LogP contribution in [0.4, 0.5) is 5.69 Å². The van der Waals surface area contributed by atoms with Crippen molar-refractivity contribution in [1.29, 1.82) is 0 Å². The number of rotatable bonds is 3. The van der Waals surface area contributed by atoms with Gasteiger partial charge in [-0.1, -0.05) is 29.8 Å². The minimum atomic E-state index is -0.675. The van der Waals surface area contributed by atoms with Crippen LogP contribution in [0.15, 0.2) is 52.9 Å². The fourth-order valence-corrected chi connectivity index (χ4v) is 3.51. The van der Waals surface area contributed by atoms with Gasteiger partial charge >= 0.3 is 5.97 Å². The van der Waals surface area contributed by atoms with Crippen molar-refractivity contribution in [3.05, 3.63) is 64.9 Å². The molecule has 1 aliphatic rings. The molecule has 26 heavy (non-hydrogen) atoms. The summed E-state index contributed by atoms with van der Waals surface area (Å²) in [5.41, 5.74) is 2.53. The standard InChI is InChI=1S/C20H16ClNO4/c1-12-8-13-4-2-3-5-16(13)22(12)19(23)11-25-20(24)18-10-14-9-15(21)6-7-17(14)26-18/h2-7,9-10,12H,8,11H2,1H3/t12-/m0/s1. The van der Waals surface area contributed by atoms with Gasteiger partial charge in [0.1, 0.15) is 5.58 Å².